The zero-order valence-electron chi connectivity index (χ0n) is 23.7. The highest BCUT2D eigenvalue weighted by Gasteiger charge is 2.44. The van der Waals surface area contributed by atoms with E-state index in [1.165, 1.54) is 11.1 Å². The van der Waals surface area contributed by atoms with Crippen LogP contribution in [0.3, 0.4) is 0 Å². The van der Waals surface area contributed by atoms with E-state index in [1.54, 1.807) is 5.06 Å². The van der Waals surface area contributed by atoms with E-state index < -0.39 is 0 Å². The van der Waals surface area contributed by atoms with Crippen molar-refractivity contribution in [1.29, 1.82) is 0 Å². The maximum atomic E-state index is 13.8. The number of piperidine rings is 1. The Morgan fingerprint density at radius 2 is 1.83 bits per heavy atom. The molecule has 3 aromatic carbocycles. The van der Waals surface area contributed by atoms with E-state index >= 15 is 0 Å². The molecule has 4 heterocycles. The fourth-order valence-corrected chi connectivity index (χ4v) is 6.80. The molecule has 0 radical (unpaired) electrons. The molecule has 0 bridgehead atoms. The molecule has 1 saturated heterocycles. The molecule has 7 rings (SSSR count). The number of aliphatic hydroxyl groups excluding tert-OH is 1. The van der Waals surface area contributed by atoms with Gasteiger partial charge in [-0.25, -0.2) is 4.99 Å². The van der Waals surface area contributed by atoms with Crippen molar-refractivity contribution in [2.24, 2.45) is 4.99 Å². The summed E-state index contributed by atoms with van der Waals surface area (Å²) in [4.78, 5) is 28.0. The molecule has 0 aliphatic carbocycles. The first kappa shape index (κ1) is 26.0. The van der Waals surface area contributed by atoms with Gasteiger partial charge in [0.05, 0.1) is 18.9 Å². The number of anilines is 2. The van der Waals surface area contributed by atoms with E-state index in [9.17, 15) is 9.90 Å². The van der Waals surface area contributed by atoms with E-state index in [2.05, 4.69) is 41.1 Å². The van der Waals surface area contributed by atoms with Crippen LogP contribution in [-0.2, 0) is 16.7 Å². The Morgan fingerprint density at radius 3 is 2.54 bits per heavy atom. The van der Waals surface area contributed by atoms with Crippen molar-refractivity contribution in [2.45, 2.75) is 38.5 Å². The first-order valence-electron chi connectivity index (χ1n) is 14.6. The van der Waals surface area contributed by atoms with E-state index in [4.69, 9.17) is 9.57 Å². The minimum absolute atomic E-state index is 0.00453. The number of benzene rings is 3. The lowest BCUT2D eigenvalue weighted by molar-refractivity contribution is 0.0989. The fourth-order valence-electron chi connectivity index (χ4n) is 6.80. The largest absolute Gasteiger partial charge is 0.492 e. The molecule has 1 amide bonds. The van der Waals surface area contributed by atoms with Gasteiger partial charge in [-0.15, -0.1) is 0 Å². The average molecular weight is 553 g/mol. The molecule has 1 N–H and O–H groups in total. The second-order valence-electron chi connectivity index (χ2n) is 11.7. The van der Waals surface area contributed by atoms with Crippen LogP contribution in [0.2, 0.25) is 0 Å². The van der Waals surface area contributed by atoms with Gasteiger partial charge in [-0.3, -0.25) is 4.79 Å². The minimum atomic E-state index is -0.00453. The minimum Gasteiger partial charge on any atom is -0.492 e. The van der Waals surface area contributed by atoms with E-state index in [1.807, 2.05) is 42.2 Å². The number of fused-ring (bicyclic) bond motifs is 3. The Labute approximate surface area is 240 Å². The van der Waals surface area contributed by atoms with Crippen LogP contribution < -0.4 is 14.7 Å². The zero-order valence-corrected chi connectivity index (χ0v) is 23.7. The molecule has 1 fully saturated rings. The van der Waals surface area contributed by atoms with Gasteiger partial charge in [-0.2, -0.15) is 5.06 Å². The standard InChI is InChI=1S/C33H36N4O4/c1-22-17-27(37-21-34-23(2)41-37)7-8-28(22)24-3-5-25(6-4-24)32(39)36-12-9-26-18-31-29(19-30(26)36)33(20-40-31)10-13-35(14-11-33)15-16-38/h3-8,17-19,38H,9-16,20-21H2,1-2H3. The number of aliphatic hydroxyl groups is 1. The number of aliphatic imine (C=N–C) groups is 1. The number of ether oxygens (including phenoxy) is 1. The van der Waals surface area contributed by atoms with E-state index in [-0.39, 0.29) is 17.9 Å². The molecule has 0 atom stereocenters. The number of hydrogen-bond donors (Lipinski definition) is 1. The second-order valence-corrected chi connectivity index (χ2v) is 11.7. The number of carbonyl (C=O) groups excluding carboxylic acids is 1. The lowest BCUT2D eigenvalue weighted by atomic mass is 9.74. The molecule has 4 aliphatic rings. The van der Waals surface area contributed by atoms with Crippen LogP contribution in [0.15, 0.2) is 59.6 Å². The number of carbonyl (C=O) groups is 1. The van der Waals surface area contributed by atoms with Crippen molar-refractivity contribution in [2.75, 3.05) is 56.0 Å². The highest BCUT2D eigenvalue weighted by atomic mass is 16.7. The van der Waals surface area contributed by atoms with Crippen LogP contribution in [0.1, 0.15) is 46.8 Å². The van der Waals surface area contributed by atoms with Crippen LogP contribution in [0, 0.1) is 6.92 Å². The number of aryl methyl sites for hydroxylation is 1. The van der Waals surface area contributed by atoms with E-state index in [0.717, 1.165) is 72.7 Å². The number of β-amino-alcohol motifs (C(OH)–C–C–N with tert-alkyl or cyclic N) is 1. The van der Waals surface area contributed by atoms with Gasteiger partial charge in [0.25, 0.3) is 5.91 Å². The molecule has 4 aliphatic heterocycles. The number of hydrogen-bond acceptors (Lipinski definition) is 7. The molecule has 0 aromatic heterocycles. The maximum Gasteiger partial charge on any atom is 0.258 e. The van der Waals surface area contributed by atoms with Gasteiger partial charge in [-0.05, 0) is 97.9 Å². The third kappa shape index (κ3) is 4.55. The highest BCUT2D eigenvalue weighted by Crippen LogP contribution is 2.49. The molecule has 8 nitrogen and oxygen atoms in total. The van der Waals surface area contributed by atoms with Crippen LogP contribution >= 0.6 is 0 Å². The number of hydroxylamine groups is 1. The topological polar surface area (TPSA) is 77.8 Å². The summed E-state index contributed by atoms with van der Waals surface area (Å²) >= 11 is 0. The van der Waals surface area contributed by atoms with Gasteiger partial charge in [0.1, 0.15) is 12.4 Å². The smallest absolute Gasteiger partial charge is 0.258 e. The number of rotatable bonds is 5. The van der Waals surface area contributed by atoms with Crippen molar-refractivity contribution < 1.29 is 19.5 Å². The Bertz CT molecular complexity index is 1520. The number of likely N-dealkylation sites (tertiary alicyclic amines) is 1. The van der Waals surface area contributed by atoms with Gasteiger partial charge < -0.3 is 24.5 Å². The molecular weight excluding hydrogens is 516 g/mol. The van der Waals surface area contributed by atoms with Crippen molar-refractivity contribution in [1.82, 2.24) is 4.90 Å². The summed E-state index contributed by atoms with van der Waals surface area (Å²) in [7, 11) is 0. The van der Waals surface area contributed by atoms with Gasteiger partial charge in [0.2, 0.25) is 5.90 Å². The monoisotopic (exact) mass is 552 g/mol. The van der Waals surface area contributed by atoms with Crippen molar-refractivity contribution in [3.63, 3.8) is 0 Å². The molecule has 3 aromatic rings. The first-order chi connectivity index (χ1) is 19.9. The molecule has 0 unspecified atom stereocenters. The molecule has 1 spiro atoms. The summed E-state index contributed by atoms with van der Waals surface area (Å²) < 4.78 is 6.21. The summed E-state index contributed by atoms with van der Waals surface area (Å²) in [6.45, 7) is 8.66. The van der Waals surface area contributed by atoms with Crippen LogP contribution in [0.4, 0.5) is 11.4 Å². The SMILES string of the molecule is CC1=NCN(c2ccc(-c3ccc(C(=O)N4CCc5cc6c(cc54)C4(CCN(CCO)CC4)CO6)cc3)c(C)c2)O1. The zero-order chi connectivity index (χ0) is 28.1. The van der Waals surface area contributed by atoms with Gasteiger partial charge in [0, 0.05) is 42.2 Å². The second kappa shape index (κ2) is 10.2. The molecule has 212 valence electrons. The van der Waals surface area contributed by atoms with Gasteiger partial charge >= 0.3 is 0 Å². The number of nitrogens with zero attached hydrogens (tertiary/aromatic N) is 4. The molecule has 41 heavy (non-hydrogen) atoms. The molecular formula is C33H36N4O4. The molecule has 0 saturated carbocycles. The van der Waals surface area contributed by atoms with Crippen molar-refractivity contribution in [3.8, 4) is 16.9 Å². The third-order valence-electron chi connectivity index (χ3n) is 9.23. The van der Waals surface area contributed by atoms with Crippen molar-refractivity contribution in [3.05, 3.63) is 76.9 Å². The molecule has 8 heteroatoms. The van der Waals surface area contributed by atoms with E-state index in [0.29, 0.717) is 31.3 Å². The first-order valence-corrected chi connectivity index (χ1v) is 14.6. The Kier molecular flexibility index (Phi) is 6.47. The maximum absolute atomic E-state index is 13.8. The van der Waals surface area contributed by atoms with Crippen molar-refractivity contribution >= 4 is 23.2 Å². The van der Waals surface area contributed by atoms with Gasteiger partial charge in [0.15, 0.2) is 0 Å². The fraction of sp³-hybridized carbons (Fsp3) is 0.394. The quantitative estimate of drug-likeness (QED) is 0.494. The summed E-state index contributed by atoms with van der Waals surface area (Å²) in [6.07, 6.45) is 2.85. The predicted octanol–water partition coefficient (Wildman–Crippen LogP) is 4.71. The van der Waals surface area contributed by atoms with Crippen LogP contribution in [-0.4, -0.2) is 67.9 Å². The lowest BCUT2D eigenvalue weighted by Gasteiger charge is -2.38. The lowest BCUT2D eigenvalue weighted by Crippen LogP contribution is -2.44. The Morgan fingerprint density at radius 1 is 1.02 bits per heavy atom. The highest BCUT2D eigenvalue weighted by molar-refractivity contribution is 6.07. The third-order valence-corrected chi connectivity index (χ3v) is 9.23. The summed E-state index contributed by atoms with van der Waals surface area (Å²) in [6, 6.07) is 18.6. The van der Waals surface area contributed by atoms with Crippen LogP contribution in [0.5, 0.6) is 5.75 Å². The summed E-state index contributed by atoms with van der Waals surface area (Å²) in [5.41, 5.74) is 8.45. The normalized spacial score (nSPS) is 19.1. The van der Waals surface area contributed by atoms with Crippen LogP contribution in [0.25, 0.3) is 11.1 Å². The summed E-state index contributed by atoms with van der Waals surface area (Å²) in [5.74, 6) is 1.69. The Hall–Kier alpha value is -3.88. The average Bonchev–Trinajstić information content (AvgIpc) is 3.70. The Balaban J connectivity index is 1.09. The predicted molar refractivity (Wildman–Crippen MR) is 160 cm³/mol. The van der Waals surface area contributed by atoms with Gasteiger partial charge in [-0.1, -0.05) is 18.2 Å². The number of amides is 1. The summed E-state index contributed by atoms with van der Waals surface area (Å²) in [5, 5.41) is 11.1.